The van der Waals surface area contributed by atoms with Gasteiger partial charge in [0.1, 0.15) is 0 Å². The summed E-state index contributed by atoms with van der Waals surface area (Å²) < 4.78 is 0. The number of piperazine rings is 1. The Morgan fingerprint density at radius 3 is 2.62 bits per heavy atom. The zero-order chi connectivity index (χ0) is 18.4. The lowest BCUT2D eigenvalue weighted by molar-refractivity contribution is -0.140. The maximum atomic E-state index is 12.9. The highest BCUT2D eigenvalue weighted by Gasteiger charge is 2.43. The molecule has 0 bridgehead atoms. The van der Waals surface area contributed by atoms with Crippen molar-refractivity contribution in [1.29, 1.82) is 0 Å². The summed E-state index contributed by atoms with van der Waals surface area (Å²) in [4.78, 5) is 17.6. The van der Waals surface area contributed by atoms with Crippen LogP contribution in [0.5, 0.6) is 0 Å². The van der Waals surface area contributed by atoms with Crippen LogP contribution >= 0.6 is 11.8 Å². The number of benzene rings is 1. The molecule has 1 aliphatic heterocycles. The predicted octanol–water partition coefficient (Wildman–Crippen LogP) is 3.11. The van der Waals surface area contributed by atoms with Gasteiger partial charge >= 0.3 is 0 Å². The van der Waals surface area contributed by atoms with Gasteiger partial charge in [-0.2, -0.15) is 11.8 Å². The Bertz CT molecular complexity index is 574. The zero-order valence-corrected chi connectivity index (χ0v) is 16.8. The van der Waals surface area contributed by atoms with Crippen LogP contribution in [0.4, 0.5) is 0 Å². The molecule has 0 unspecified atom stereocenters. The Hall–Kier alpha value is -1.04. The van der Waals surface area contributed by atoms with Crippen molar-refractivity contribution in [2.75, 3.05) is 31.6 Å². The maximum absolute atomic E-state index is 12.9. The van der Waals surface area contributed by atoms with E-state index in [1.807, 2.05) is 0 Å². The van der Waals surface area contributed by atoms with E-state index in [2.05, 4.69) is 46.4 Å². The van der Waals surface area contributed by atoms with E-state index in [1.54, 1.807) is 11.8 Å². The molecule has 5 heteroatoms. The third-order valence-corrected chi connectivity index (χ3v) is 6.70. The second kappa shape index (κ2) is 9.25. The van der Waals surface area contributed by atoms with Crippen LogP contribution in [0.25, 0.3) is 0 Å². The van der Waals surface area contributed by atoms with Gasteiger partial charge < -0.3 is 10.6 Å². The minimum atomic E-state index is -0.344. The standard InChI is InChI=1S/C21H33N3OS/c1-26-15-10-19(22)20(25)23-13-14-24(16-18-8-4-2-5-9-18)21(17-23)11-6-3-7-12-21/h2,4-5,8-9,19H,3,6-7,10-17,22H2,1H3/t19-/m0/s1. The fourth-order valence-corrected chi connectivity index (χ4v) is 5.03. The molecule has 2 N–H and O–H groups in total. The van der Waals surface area contributed by atoms with Crippen molar-refractivity contribution in [3.63, 3.8) is 0 Å². The summed E-state index contributed by atoms with van der Waals surface area (Å²) in [5.74, 6) is 1.11. The van der Waals surface area contributed by atoms with E-state index in [1.165, 1.54) is 37.7 Å². The van der Waals surface area contributed by atoms with Crippen LogP contribution in [0.2, 0.25) is 0 Å². The smallest absolute Gasteiger partial charge is 0.239 e. The normalized spacial score (nSPS) is 21.7. The summed E-state index contributed by atoms with van der Waals surface area (Å²) in [7, 11) is 0. The lowest BCUT2D eigenvalue weighted by atomic mass is 9.78. The van der Waals surface area contributed by atoms with Crippen molar-refractivity contribution >= 4 is 17.7 Å². The first-order valence-corrected chi connectivity index (χ1v) is 11.4. The third kappa shape index (κ3) is 4.62. The van der Waals surface area contributed by atoms with Gasteiger partial charge in [-0.25, -0.2) is 0 Å². The molecule has 0 aromatic heterocycles. The Morgan fingerprint density at radius 2 is 1.92 bits per heavy atom. The van der Waals surface area contributed by atoms with E-state index in [0.717, 1.165) is 38.4 Å². The number of carbonyl (C=O) groups is 1. The van der Waals surface area contributed by atoms with Crippen LogP contribution in [0, 0.1) is 0 Å². The number of hydrogen-bond acceptors (Lipinski definition) is 4. The second-order valence-corrected chi connectivity index (χ2v) is 8.83. The highest BCUT2D eigenvalue weighted by atomic mass is 32.2. The first-order chi connectivity index (χ1) is 12.6. The highest BCUT2D eigenvalue weighted by Crippen LogP contribution is 2.37. The van der Waals surface area contributed by atoms with Gasteiger partial charge in [0.2, 0.25) is 5.91 Å². The predicted molar refractivity (Wildman–Crippen MR) is 110 cm³/mol. The number of amides is 1. The Morgan fingerprint density at radius 1 is 1.19 bits per heavy atom. The number of rotatable bonds is 6. The molecule has 1 heterocycles. The first kappa shape index (κ1) is 19.7. The van der Waals surface area contributed by atoms with Gasteiger partial charge in [-0.3, -0.25) is 9.69 Å². The SMILES string of the molecule is CSCC[C@H](N)C(=O)N1CCN(Cc2ccccc2)C2(CCCCC2)C1. The number of nitrogens with zero attached hydrogens (tertiary/aromatic N) is 2. The molecule has 2 aliphatic rings. The van der Waals surface area contributed by atoms with E-state index in [0.29, 0.717) is 0 Å². The molecule has 26 heavy (non-hydrogen) atoms. The third-order valence-electron chi connectivity index (χ3n) is 6.06. The second-order valence-electron chi connectivity index (χ2n) is 7.84. The minimum absolute atomic E-state index is 0.140. The first-order valence-electron chi connectivity index (χ1n) is 9.97. The molecule has 1 aromatic rings. The molecule has 0 radical (unpaired) electrons. The van der Waals surface area contributed by atoms with Crippen molar-refractivity contribution in [3.05, 3.63) is 35.9 Å². The van der Waals surface area contributed by atoms with Crippen molar-refractivity contribution in [3.8, 4) is 0 Å². The van der Waals surface area contributed by atoms with Gasteiger partial charge in [-0.05, 0) is 36.8 Å². The van der Waals surface area contributed by atoms with Gasteiger partial charge in [0.25, 0.3) is 0 Å². The molecule has 1 atom stereocenters. The lowest BCUT2D eigenvalue weighted by Gasteiger charge is -2.53. The molecule has 1 aromatic carbocycles. The summed E-state index contributed by atoms with van der Waals surface area (Å²) in [6.07, 6.45) is 9.10. The molecule has 1 saturated carbocycles. The number of carbonyl (C=O) groups excluding carboxylic acids is 1. The molecule has 144 valence electrons. The Balaban J connectivity index is 1.71. The summed E-state index contributed by atoms with van der Waals surface area (Å²) in [5.41, 5.74) is 7.70. The van der Waals surface area contributed by atoms with Crippen LogP contribution in [0.15, 0.2) is 30.3 Å². The van der Waals surface area contributed by atoms with Gasteiger partial charge in [-0.1, -0.05) is 49.6 Å². The average Bonchev–Trinajstić information content (AvgIpc) is 2.68. The zero-order valence-electron chi connectivity index (χ0n) is 16.0. The lowest BCUT2D eigenvalue weighted by Crippen LogP contribution is -2.65. The highest BCUT2D eigenvalue weighted by molar-refractivity contribution is 7.98. The van der Waals surface area contributed by atoms with Crippen molar-refractivity contribution in [1.82, 2.24) is 9.80 Å². The van der Waals surface area contributed by atoms with Crippen LogP contribution < -0.4 is 5.73 Å². The van der Waals surface area contributed by atoms with Gasteiger partial charge in [-0.15, -0.1) is 0 Å². The molecule has 4 nitrogen and oxygen atoms in total. The van der Waals surface area contributed by atoms with Crippen LogP contribution in [0.1, 0.15) is 44.1 Å². The summed E-state index contributed by atoms with van der Waals surface area (Å²) in [5, 5.41) is 0. The summed E-state index contributed by atoms with van der Waals surface area (Å²) >= 11 is 1.76. The fourth-order valence-electron chi connectivity index (χ4n) is 4.54. The molecular weight excluding hydrogens is 342 g/mol. The maximum Gasteiger partial charge on any atom is 0.239 e. The van der Waals surface area contributed by atoms with Gasteiger partial charge in [0.15, 0.2) is 0 Å². The van der Waals surface area contributed by atoms with Crippen LogP contribution in [-0.2, 0) is 11.3 Å². The minimum Gasteiger partial charge on any atom is -0.338 e. The quantitative estimate of drug-likeness (QED) is 0.830. The molecule has 1 spiro atoms. The number of thioether (sulfide) groups is 1. The van der Waals surface area contributed by atoms with Crippen molar-refractivity contribution < 1.29 is 4.79 Å². The molecule has 3 rings (SSSR count). The molecule has 1 saturated heterocycles. The monoisotopic (exact) mass is 375 g/mol. The van der Waals surface area contributed by atoms with E-state index >= 15 is 0 Å². The van der Waals surface area contributed by atoms with E-state index in [-0.39, 0.29) is 17.5 Å². The van der Waals surface area contributed by atoms with Crippen LogP contribution in [-0.4, -0.2) is 58.9 Å². The molecule has 2 fully saturated rings. The van der Waals surface area contributed by atoms with E-state index in [4.69, 9.17) is 5.73 Å². The molecule has 1 amide bonds. The average molecular weight is 376 g/mol. The van der Waals surface area contributed by atoms with Crippen molar-refractivity contribution in [2.24, 2.45) is 5.73 Å². The fraction of sp³-hybridized carbons (Fsp3) is 0.667. The van der Waals surface area contributed by atoms with Crippen molar-refractivity contribution in [2.45, 2.75) is 56.7 Å². The largest absolute Gasteiger partial charge is 0.338 e. The summed E-state index contributed by atoms with van der Waals surface area (Å²) in [6, 6.07) is 10.4. The van der Waals surface area contributed by atoms with Gasteiger partial charge in [0.05, 0.1) is 6.04 Å². The Kier molecular flexibility index (Phi) is 7.01. The van der Waals surface area contributed by atoms with Gasteiger partial charge in [0, 0.05) is 31.7 Å². The molecule has 1 aliphatic carbocycles. The van der Waals surface area contributed by atoms with Crippen LogP contribution in [0.3, 0.4) is 0 Å². The topological polar surface area (TPSA) is 49.6 Å². The molecular formula is C21H33N3OS. The summed E-state index contributed by atoms with van der Waals surface area (Å²) in [6.45, 7) is 3.60. The van der Waals surface area contributed by atoms with E-state index in [9.17, 15) is 4.79 Å². The number of nitrogens with two attached hydrogens (primary N) is 1. The van der Waals surface area contributed by atoms with E-state index < -0.39 is 0 Å². The number of hydrogen-bond donors (Lipinski definition) is 1. The Labute approximate surface area is 162 Å².